The normalized spacial score (nSPS) is 12.0. The SMILES string of the molecule is Cc1ccccc1NC(=O)CN[C@@H](C)c1cccc(Br)c1. The number of hydrogen-bond acceptors (Lipinski definition) is 2. The number of para-hydroxylation sites is 1. The van der Waals surface area contributed by atoms with Crippen LogP contribution in [0.4, 0.5) is 5.69 Å². The molecule has 0 aliphatic carbocycles. The topological polar surface area (TPSA) is 41.1 Å². The third-order valence-electron chi connectivity index (χ3n) is 3.34. The molecule has 0 saturated heterocycles. The van der Waals surface area contributed by atoms with Gasteiger partial charge in [0.15, 0.2) is 0 Å². The monoisotopic (exact) mass is 346 g/mol. The maximum atomic E-state index is 12.0. The van der Waals surface area contributed by atoms with E-state index in [-0.39, 0.29) is 18.5 Å². The lowest BCUT2D eigenvalue weighted by atomic mass is 10.1. The molecule has 1 atom stereocenters. The van der Waals surface area contributed by atoms with E-state index in [0.29, 0.717) is 0 Å². The van der Waals surface area contributed by atoms with Gasteiger partial charge in [-0.2, -0.15) is 0 Å². The summed E-state index contributed by atoms with van der Waals surface area (Å²) in [4.78, 5) is 12.0. The van der Waals surface area contributed by atoms with Gasteiger partial charge in [-0.1, -0.05) is 46.3 Å². The highest BCUT2D eigenvalue weighted by molar-refractivity contribution is 9.10. The van der Waals surface area contributed by atoms with Gasteiger partial charge in [0, 0.05) is 16.2 Å². The smallest absolute Gasteiger partial charge is 0.238 e. The first-order valence-electron chi connectivity index (χ1n) is 6.90. The van der Waals surface area contributed by atoms with Crippen LogP contribution < -0.4 is 10.6 Å². The first-order valence-corrected chi connectivity index (χ1v) is 7.70. The molecule has 3 nitrogen and oxygen atoms in total. The summed E-state index contributed by atoms with van der Waals surface area (Å²) in [6.45, 7) is 4.30. The second-order valence-corrected chi connectivity index (χ2v) is 5.94. The van der Waals surface area contributed by atoms with Crippen LogP contribution in [0.2, 0.25) is 0 Å². The Morgan fingerprint density at radius 2 is 1.95 bits per heavy atom. The molecule has 1 amide bonds. The first kappa shape index (κ1) is 15.7. The van der Waals surface area contributed by atoms with Crippen molar-refractivity contribution in [2.24, 2.45) is 0 Å². The lowest BCUT2D eigenvalue weighted by Crippen LogP contribution is -2.30. The molecule has 2 aromatic carbocycles. The van der Waals surface area contributed by atoms with Gasteiger partial charge in [0.05, 0.1) is 6.54 Å². The summed E-state index contributed by atoms with van der Waals surface area (Å²) in [5.41, 5.74) is 3.07. The van der Waals surface area contributed by atoms with E-state index >= 15 is 0 Å². The molecule has 2 N–H and O–H groups in total. The molecule has 0 saturated carbocycles. The Kier molecular flexibility index (Phi) is 5.53. The molecule has 0 unspecified atom stereocenters. The number of carbonyl (C=O) groups is 1. The molecule has 0 fully saturated rings. The molecular formula is C17H19BrN2O. The maximum absolute atomic E-state index is 12.0. The van der Waals surface area contributed by atoms with Crippen LogP contribution in [0.3, 0.4) is 0 Å². The zero-order valence-electron chi connectivity index (χ0n) is 12.2. The number of nitrogens with one attached hydrogen (secondary N) is 2. The van der Waals surface area contributed by atoms with Gasteiger partial charge in [-0.05, 0) is 43.2 Å². The number of rotatable bonds is 5. The zero-order chi connectivity index (χ0) is 15.2. The minimum absolute atomic E-state index is 0.0360. The van der Waals surface area contributed by atoms with E-state index in [1.54, 1.807) is 0 Å². The predicted octanol–water partition coefficient (Wildman–Crippen LogP) is 4.05. The molecular weight excluding hydrogens is 328 g/mol. The van der Waals surface area contributed by atoms with Gasteiger partial charge in [0.1, 0.15) is 0 Å². The van der Waals surface area contributed by atoms with Gasteiger partial charge in [0.2, 0.25) is 5.91 Å². The van der Waals surface area contributed by atoms with E-state index in [1.165, 1.54) is 0 Å². The van der Waals surface area contributed by atoms with Crippen LogP contribution in [0.1, 0.15) is 24.1 Å². The van der Waals surface area contributed by atoms with Crippen molar-refractivity contribution in [3.63, 3.8) is 0 Å². The highest BCUT2D eigenvalue weighted by Gasteiger charge is 2.09. The average molecular weight is 347 g/mol. The van der Waals surface area contributed by atoms with Crippen molar-refractivity contribution in [2.75, 3.05) is 11.9 Å². The zero-order valence-corrected chi connectivity index (χ0v) is 13.8. The van der Waals surface area contributed by atoms with E-state index in [9.17, 15) is 4.79 Å². The van der Waals surface area contributed by atoms with Gasteiger partial charge in [0.25, 0.3) is 0 Å². The molecule has 2 aromatic rings. The lowest BCUT2D eigenvalue weighted by Gasteiger charge is -2.15. The summed E-state index contributed by atoms with van der Waals surface area (Å²) in [7, 11) is 0. The molecule has 0 aromatic heterocycles. The molecule has 0 aliphatic rings. The highest BCUT2D eigenvalue weighted by atomic mass is 79.9. The second kappa shape index (κ2) is 7.38. The highest BCUT2D eigenvalue weighted by Crippen LogP contribution is 2.17. The third kappa shape index (κ3) is 4.69. The molecule has 2 rings (SSSR count). The fourth-order valence-electron chi connectivity index (χ4n) is 2.05. The van der Waals surface area contributed by atoms with Crippen molar-refractivity contribution in [1.82, 2.24) is 5.32 Å². The fraction of sp³-hybridized carbons (Fsp3) is 0.235. The van der Waals surface area contributed by atoms with E-state index in [0.717, 1.165) is 21.3 Å². The van der Waals surface area contributed by atoms with Crippen molar-refractivity contribution in [1.29, 1.82) is 0 Å². The van der Waals surface area contributed by atoms with Crippen LogP contribution in [-0.4, -0.2) is 12.5 Å². The lowest BCUT2D eigenvalue weighted by molar-refractivity contribution is -0.115. The van der Waals surface area contributed by atoms with Gasteiger partial charge in [-0.15, -0.1) is 0 Å². The maximum Gasteiger partial charge on any atom is 0.238 e. The molecule has 0 radical (unpaired) electrons. The minimum atomic E-state index is -0.0360. The Hall–Kier alpha value is -1.65. The molecule has 0 spiro atoms. The van der Waals surface area contributed by atoms with Gasteiger partial charge < -0.3 is 10.6 Å². The van der Waals surface area contributed by atoms with Crippen LogP contribution in [-0.2, 0) is 4.79 Å². The Bertz CT molecular complexity index is 628. The average Bonchev–Trinajstić information content (AvgIpc) is 2.47. The number of hydrogen-bond donors (Lipinski definition) is 2. The van der Waals surface area contributed by atoms with Crippen LogP contribution in [0.25, 0.3) is 0 Å². The fourth-order valence-corrected chi connectivity index (χ4v) is 2.46. The van der Waals surface area contributed by atoms with Crippen molar-refractivity contribution < 1.29 is 4.79 Å². The quantitative estimate of drug-likeness (QED) is 0.857. The second-order valence-electron chi connectivity index (χ2n) is 5.02. The first-order chi connectivity index (χ1) is 10.1. The van der Waals surface area contributed by atoms with E-state index in [2.05, 4.69) is 32.6 Å². The van der Waals surface area contributed by atoms with Crippen LogP contribution in [0.15, 0.2) is 53.0 Å². The van der Waals surface area contributed by atoms with Crippen molar-refractivity contribution in [3.8, 4) is 0 Å². The third-order valence-corrected chi connectivity index (χ3v) is 3.83. The van der Waals surface area contributed by atoms with Crippen LogP contribution in [0, 0.1) is 6.92 Å². The summed E-state index contributed by atoms with van der Waals surface area (Å²) < 4.78 is 1.04. The standard InChI is InChI=1S/C17H19BrN2O/c1-12-6-3-4-9-16(12)20-17(21)11-19-13(2)14-7-5-8-15(18)10-14/h3-10,13,19H,11H2,1-2H3,(H,20,21)/t13-/m0/s1. The summed E-state index contributed by atoms with van der Waals surface area (Å²) >= 11 is 3.46. The Balaban J connectivity index is 1.88. The molecule has 110 valence electrons. The summed E-state index contributed by atoms with van der Waals surface area (Å²) in [6, 6.07) is 16.0. The van der Waals surface area contributed by atoms with Crippen LogP contribution in [0.5, 0.6) is 0 Å². The molecule has 0 heterocycles. The molecule has 21 heavy (non-hydrogen) atoms. The summed E-state index contributed by atoms with van der Waals surface area (Å²) in [6.07, 6.45) is 0. The summed E-state index contributed by atoms with van der Waals surface area (Å²) in [5, 5.41) is 6.15. The molecule has 0 aliphatic heterocycles. The predicted molar refractivity (Wildman–Crippen MR) is 90.4 cm³/mol. The van der Waals surface area contributed by atoms with Crippen molar-refractivity contribution in [2.45, 2.75) is 19.9 Å². The van der Waals surface area contributed by atoms with Crippen LogP contribution >= 0.6 is 15.9 Å². The van der Waals surface area contributed by atoms with Gasteiger partial charge >= 0.3 is 0 Å². The van der Waals surface area contributed by atoms with E-state index < -0.39 is 0 Å². The molecule has 4 heteroatoms. The van der Waals surface area contributed by atoms with E-state index in [4.69, 9.17) is 0 Å². The van der Waals surface area contributed by atoms with Crippen molar-refractivity contribution in [3.05, 3.63) is 64.1 Å². The van der Waals surface area contributed by atoms with Gasteiger partial charge in [-0.25, -0.2) is 0 Å². The van der Waals surface area contributed by atoms with Gasteiger partial charge in [-0.3, -0.25) is 4.79 Å². The Labute approximate surface area is 133 Å². The number of aryl methyl sites for hydroxylation is 1. The number of halogens is 1. The number of anilines is 1. The number of benzene rings is 2. The largest absolute Gasteiger partial charge is 0.325 e. The number of amides is 1. The Morgan fingerprint density at radius 1 is 1.19 bits per heavy atom. The minimum Gasteiger partial charge on any atom is -0.325 e. The summed E-state index contributed by atoms with van der Waals surface area (Å²) in [5.74, 6) is -0.0360. The number of carbonyl (C=O) groups excluding carboxylic acids is 1. The Morgan fingerprint density at radius 3 is 2.67 bits per heavy atom. The van der Waals surface area contributed by atoms with E-state index in [1.807, 2.05) is 56.3 Å². The molecule has 0 bridgehead atoms. The van der Waals surface area contributed by atoms with Crippen molar-refractivity contribution >= 4 is 27.5 Å².